The number of aliphatic carboxylic acids is 2. The molecule has 0 aliphatic rings. The van der Waals surface area contributed by atoms with E-state index >= 15 is 0 Å². The van der Waals surface area contributed by atoms with Crippen LogP contribution in [0.4, 0.5) is 0 Å². The molecule has 8 heteroatoms. The van der Waals surface area contributed by atoms with Crippen molar-refractivity contribution >= 4 is 23.3 Å². The van der Waals surface area contributed by atoms with E-state index in [1.807, 2.05) is 12.6 Å². The highest BCUT2D eigenvalue weighted by molar-refractivity contribution is 7.09. The summed E-state index contributed by atoms with van der Waals surface area (Å²) >= 11 is 1.74. The van der Waals surface area contributed by atoms with E-state index in [1.54, 1.807) is 11.3 Å². The number of thiazole rings is 1. The molecule has 0 atom stereocenters. The summed E-state index contributed by atoms with van der Waals surface area (Å²) in [5.74, 6) is -3.65. The first-order valence-corrected chi connectivity index (χ1v) is 5.36. The number of rotatable bonds is 3. The summed E-state index contributed by atoms with van der Waals surface area (Å²) in [5.41, 5.74) is 3.08. The van der Waals surface area contributed by atoms with Gasteiger partial charge in [-0.2, -0.15) is 0 Å². The lowest BCUT2D eigenvalue weighted by atomic mass is 10.3. The topological polar surface area (TPSA) is 131 Å². The molecule has 0 spiro atoms. The van der Waals surface area contributed by atoms with E-state index in [4.69, 9.17) is 19.8 Å². The number of nitrogens with one attached hydrogen (secondary N) is 1. The highest BCUT2D eigenvalue weighted by atomic mass is 32.1. The van der Waals surface area contributed by atoms with Gasteiger partial charge in [-0.3, -0.25) is 0 Å². The molecular formula is C9H16N2O5S. The molecule has 1 rings (SSSR count). The quantitative estimate of drug-likeness (QED) is 0.633. The Morgan fingerprint density at radius 1 is 1.41 bits per heavy atom. The van der Waals surface area contributed by atoms with Crippen molar-refractivity contribution in [2.45, 2.75) is 13.3 Å². The van der Waals surface area contributed by atoms with Gasteiger partial charge in [0.1, 0.15) is 0 Å². The number of aryl methyl sites for hydroxylation is 1. The first-order valence-electron chi connectivity index (χ1n) is 4.48. The molecule has 0 radical (unpaired) electrons. The number of hydrogen-bond acceptors (Lipinski definition) is 5. The minimum Gasteiger partial charge on any atom is -0.473 e. The zero-order chi connectivity index (χ0) is 12.6. The van der Waals surface area contributed by atoms with E-state index in [1.165, 1.54) is 10.6 Å². The zero-order valence-corrected chi connectivity index (χ0v) is 10.4. The summed E-state index contributed by atoms with van der Waals surface area (Å²) in [6.45, 7) is 3.10. The van der Waals surface area contributed by atoms with E-state index in [-0.39, 0.29) is 5.48 Å². The van der Waals surface area contributed by atoms with Crippen LogP contribution in [0.25, 0.3) is 0 Å². The van der Waals surface area contributed by atoms with Crippen molar-refractivity contribution in [2.24, 2.45) is 0 Å². The van der Waals surface area contributed by atoms with Gasteiger partial charge in [-0.15, -0.1) is 11.3 Å². The van der Waals surface area contributed by atoms with Crippen LogP contribution in [0, 0.1) is 6.92 Å². The fraction of sp³-hybridized carbons (Fsp3) is 0.444. The van der Waals surface area contributed by atoms with Crippen molar-refractivity contribution in [1.82, 2.24) is 10.3 Å². The van der Waals surface area contributed by atoms with E-state index in [0.29, 0.717) is 0 Å². The number of carbonyl (C=O) groups is 2. The zero-order valence-electron chi connectivity index (χ0n) is 9.56. The Bertz CT molecular complexity index is 341. The van der Waals surface area contributed by atoms with Crippen LogP contribution in [0.15, 0.2) is 5.51 Å². The minimum atomic E-state index is -1.82. The third-order valence-corrected chi connectivity index (χ3v) is 2.62. The average Bonchev–Trinajstić information content (AvgIpc) is 2.62. The minimum absolute atomic E-state index is 0. The molecule has 0 saturated heterocycles. The van der Waals surface area contributed by atoms with Crippen LogP contribution in [-0.4, -0.2) is 46.2 Å². The average molecular weight is 264 g/mol. The summed E-state index contributed by atoms with van der Waals surface area (Å²) in [5, 5.41) is 17.9. The fourth-order valence-electron chi connectivity index (χ4n) is 0.805. The molecule has 5 N–H and O–H groups in total. The van der Waals surface area contributed by atoms with Crippen LogP contribution in [0.1, 0.15) is 10.6 Å². The van der Waals surface area contributed by atoms with E-state index in [9.17, 15) is 0 Å². The van der Waals surface area contributed by atoms with Crippen molar-refractivity contribution in [3.8, 4) is 0 Å². The Balaban J connectivity index is 0. The normalized spacial score (nSPS) is 8.59. The molecule has 0 saturated carbocycles. The van der Waals surface area contributed by atoms with Crippen LogP contribution in [0.3, 0.4) is 0 Å². The number of carboxylic acids is 2. The molecule has 1 heterocycles. The van der Waals surface area contributed by atoms with Gasteiger partial charge in [-0.1, -0.05) is 0 Å². The van der Waals surface area contributed by atoms with Crippen molar-refractivity contribution < 1.29 is 25.3 Å². The van der Waals surface area contributed by atoms with Crippen LogP contribution in [0.5, 0.6) is 0 Å². The molecule has 0 aromatic carbocycles. The maximum Gasteiger partial charge on any atom is 0.414 e. The lowest BCUT2D eigenvalue weighted by Crippen LogP contribution is -2.09. The molecule has 7 nitrogen and oxygen atoms in total. The van der Waals surface area contributed by atoms with Gasteiger partial charge in [-0.25, -0.2) is 14.6 Å². The lowest BCUT2D eigenvalue weighted by Gasteiger charge is -1.95. The van der Waals surface area contributed by atoms with Gasteiger partial charge in [-0.05, 0) is 26.9 Å². The van der Waals surface area contributed by atoms with E-state index in [2.05, 4.69) is 17.2 Å². The number of carboxylic acid groups (broad SMARTS) is 2. The summed E-state index contributed by atoms with van der Waals surface area (Å²) in [6, 6.07) is 0. The first kappa shape index (κ1) is 17.9. The van der Waals surface area contributed by atoms with Gasteiger partial charge in [0.25, 0.3) is 0 Å². The van der Waals surface area contributed by atoms with Gasteiger partial charge in [0.05, 0.1) is 11.2 Å². The summed E-state index contributed by atoms with van der Waals surface area (Å²) in [6.07, 6.45) is 1.10. The molecule has 0 aliphatic carbocycles. The van der Waals surface area contributed by atoms with Gasteiger partial charge in [0, 0.05) is 4.88 Å². The van der Waals surface area contributed by atoms with E-state index in [0.717, 1.165) is 13.0 Å². The highest BCUT2D eigenvalue weighted by Crippen LogP contribution is 2.11. The van der Waals surface area contributed by atoms with Crippen molar-refractivity contribution in [3.63, 3.8) is 0 Å². The van der Waals surface area contributed by atoms with Crippen molar-refractivity contribution in [2.75, 3.05) is 13.6 Å². The third kappa shape index (κ3) is 8.31. The van der Waals surface area contributed by atoms with Crippen LogP contribution in [-0.2, 0) is 16.0 Å². The molecule has 0 fully saturated rings. The largest absolute Gasteiger partial charge is 0.473 e. The number of likely N-dealkylation sites (N-methyl/N-ethyl adjacent to an activating group) is 1. The third-order valence-electron chi connectivity index (χ3n) is 1.63. The van der Waals surface area contributed by atoms with Crippen LogP contribution in [0.2, 0.25) is 0 Å². The highest BCUT2D eigenvalue weighted by Gasteiger charge is 2.04. The Morgan fingerprint density at radius 3 is 2.24 bits per heavy atom. The molecule has 17 heavy (non-hydrogen) atoms. The maximum absolute atomic E-state index is 9.10. The van der Waals surface area contributed by atoms with Gasteiger partial charge in [0.2, 0.25) is 0 Å². The number of nitrogens with zero attached hydrogens (tertiary/aromatic N) is 1. The molecule has 1 aromatic heterocycles. The SMILES string of the molecule is CNCCc1scnc1C.O.O=C(O)C(=O)O. The smallest absolute Gasteiger partial charge is 0.414 e. The Labute approximate surface area is 102 Å². The number of aromatic nitrogens is 1. The number of hydrogen-bond donors (Lipinski definition) is 3. The molecule has 0 aliphatic heterocycles. The molecule has 98 valence electrons. The van der Waals surface area contributed by atoms with Crippen molar-refractivity contribution in [1.29, 1.82) is 0 Å². The Kier molecular flexibility index (Phi) is 10.2. The monoisotopic (exact) mass is 264 g/mol. The van der Waals surface area contributed by atoms with E-state index < -0.39 is 11.9 Å². The molecule has 0 bridgehead atoms. The second-order valence-electron chi connectivity index (χ2n) is 2.82. The van der Waals surface area contributed by atoms with Crippen LogP contribution >= 0.6 is 11.3 Å². The predicted octanol–water partition coefficient (Wildman–Crippen LogP) is -0.456. The Morgan fingerprint density at radius 2 is 1.94 bits per heavy atom. The summed E-state index contributed by atoms with van der Waals surface area (Å²) in [4.78, 5) is 23.8. The molecular weight excluding hydrogens is 248 g/mol. The maximum atomic E-state index is 9.10. The summed E-state index contributed by atoms with van der Waals surface area (Å²) in [7, 11) is 1.97. The predicted molar refractivity (Wildman–Crippen MR) is 63.4 cm³/mol. The molecule has 0 unspecified atom stereocenters. The van der Waals surface area contributed by atoms with Gasteiger partial charge < -0.3 is 21.0 Å². The van der Waals surface area contributed by atoms with Gasteiger partial charge in [0.15, 0.2) is 0 Å². The van der Waals surface area contributed by atoms with Crippen LogP contribution < -0.4 is 5.32 Å². The fourth-order valence-corrected chi connectivity index (χ4v) is 1.59. The first-order chi connectivity index (χ1) is 7.49. The Hall–Kier alpha value is -1.51. The second-order valence-corrected chi connectivity index (χ2v) is 3.76. The molecule has 0 amide bonds. The van der Waals surface area contributed by atoms with Gasteiger partial charge >= 0.3 is 11.9 Å². The summed E-state index contributed by atoms with van der Waals surface area (Å²) < 4.78 is 0. The van der Waals surface area contributed by atoms with Crippen molar-refractivity contribution in [3.05, 3.63) is 16.1 Å². The lowest BCUT2D eigenvalue weighted by molar-refractivity contribution is -0.159. The second kappa shape index (κ2) is 9.70. The standard InChI is InChI=1S/C7H12N2S.C2H2O4.H2O/c1-6-7(3-4-8-2)10-5-9-6;3-1(4)2(5)6;/h5,8H,3-4H2,1-2H3;(H,3,4)(H,5,6);1H2. The molecule has 1 aromatic rings.